The first kappa shape index (κ1) is 21.9. The fourth-order valence-electron chi connectivity index (χ4n) is 3.27. The molecule has 0 bridgehead atoms. The number of methoxy groups -OCH3 is 1. The van der Waals surface area contributed by atoms with E-state index in [2.05, 4.69) is 36.2 Å². The fraction of sp³-hybridized carbons (Fsp3) is 0.217. The van der Waals surface area contributed by atoms with Gasteiger partial charge in [-0.15, -0.1) is 0 Å². The van der Waals surface area contributed by atoms with Crippen molar-refractivity contribution in [2.45, 2.75) is 13.0 Å². The number of halogens is 1. The summed E-state index contributed by atoms with van der Waals surface area (Å²) < 4.78 is 13.2. The largest absolute Gasteiger partial charge is 0.457 e. The molecule has 1 atom stereocenters. The summed E-state index contributed by atoms with van der Waals surface area (Å²) in [5.74, 6) is 1.84. The molecule has 0 radical (unpaired) electrons. The van der Waals surface area contributed by atoms with Crippen molar-refractivity contribution in [1.29, 1.82) is 0 Å². The second-order valence-electron chi connectivity index (χ2n) is 7.33. The van der Waals surface area contributed by atoms with Gasteiger partial charge in [-0.3, -0.25) is 9.36 Å². The van der Waals surface area contributed by atoms with Crippen LogP contribution in [-0.4, -0.2) is 39.3 Å². The number of hydrogen-bond acceptors (Lipinski definition) is 7. The van der Waals surface area contributed by atoms with Gasteiger partial charge in [0.15, 0.2) is 0 Å². The van der Waals surface area contributed by atoms with Gasteiger partial charge >= 0.3 is 0 Å². The van der Waals surface area contributed by atoms with E-state index in [1.807, 2.05) is 37.3 Å². The lowest BCUT2D eigenvalue weighted by Crippen LogP contribution is -2.29. The van der Waals surface area contributed by atoms with Gasteiger partial charge in [-0.1, -0.05) is 6.07 Å². The van der Waals surface area contributed by atoms with Gasteiger partial charge in [0.1, 0.15) is 16.1 Å². The third kappa shape index (κ3) is 4.79. The Kier molecular flexibility index (Phi) is 6.48. The molecule has 4 rings (SSSR count). The van der Waals surface area contributed by atoms with Crippen molar-refractivity contribution in [2.24, 2.45) is 7.05 Å². The Labute approximate surface area is 193 Å². The predicted molar refractivity (Wildman–Crippen MR) is 127 cm³/mol. The lowest BCUT2D eigenvalue weighted by molar-refractivity contribution is 0.190. The summed E-state index contributed by atoms with van der Waals surface area (Å²) in [6.45, 7) is 2.47. The number of ether oxygens (including phenoxy) is 2. The first-order valence-corrected chi connectivity index (χ1v) is 10.8. The van der Waals surface area contributed by atoms with Gasteiger partial charge in [0.05, 0.1) is 23.4 Å². The van der Waals surface area contributed by atoms with Gasteiger partial charge < -0.3 is 14.8 Å². The van der Waals surface area contributed by atoms with Gasteiger partial charge in [0.2, 0.25) is 5.95 Å². The van der Waals surface area contributed by atoms with E-state index in [4.69, 9.17) is 9.47 Å². The molecule has 0 unspecified atom stereocenters. The summed E-state index contributed by atoms with van der Waals surface area (Å²) in [6.07, 6.45) is 3.22. The zero-order chi connectivity index (χ0) is 22.7. The highest BCUT2D eigenvalue weighted by Gasteiger charge is 2.13. The van der Waals surface area contributed by atoms with Crippen LogP contribution >= 0.6 is 15.9 Å². The molecule has 0 saturated carbocycles. The molecular weight excluding hydrogens is 474 g/mol. The zero-order valence-electron chi connectivity index (χ0n) is 17.9. The van der Waals surface area contributed by atoms with Crippen LogP contribution in [0.4, 0.5) is 5.95 Å². The van der Waals surface area contributed by atoms with Gasteiger partial charge in [0, 0.05) is 44.0 Å². The molecule has 1 N–H and O–H groups in total. The van der Waals surface area contributed by atoms with E-state index in [1.165, 1.54) is 4.57 Å². The Morgan fingerprint density at radius 2 is 1.94 bits per heavy atom. The minimum Gasteiger partial charge on any atom is -0.457 e. The number of benzene rings is 1. The first-order valence-electron chi connectivity index (χ1n) is 9.96. The van der Waals surface area contributed by atoms with Crippen molar-refractivity contribution in [3.63, 3.8) is 0 Å². The van der Waals surface area contributed by atoms with E-state index in [1.54, 1.807) is 38.7 Å². The molecule has 0 fully saturated rings. The number of hydrogen-bond donors (Lipinski definition) is 1. The van der Waals surface area contributed by atoms with E-state index < -0.39 is 0 Å². The summed E-state index contributed by atoms with van der Waals surface area (Å²) in [6, 6.07) is 12.9. The van der Waals surface area contributed by atoms with Crippen LogP contribution in [0.5, 0.6) is 11.5 Å². The lowest BCUT2D eigenvalue weighted by atomic mass is 10.1. The molecule has 0 amide bonds. The van der Waals surface area contributed by atoms with Crippen molar-refractivity contribution in [3.8, 4) is 22.8 Å². The fourth-order valence-corrected chi connectivity index (χ4v) is 3.61. The van der Waals surface area contributed by atoms with Crippen molar-refractivity contribution >= 4 is 32.8 Å². The number of aromatic nitrogens is 4. The highest BCUT2D eigenvalue weighted by atomic mass is 79.9. The first-order chi connectivity index (χ1) is 15.4. The molecule has 0 saturated heterocycles. The van der Waals surface area contributed by atoms with Crippen molar-refractivity contribution in [1.82, 2.24) is 19.5 Å². The Morgan fingerprint density at radius 3 is 2.72 bits per heavy atom. The molecule has 1 aromatic carbocycles. The van der Waals surface area contributed by atoms with E-state index in [0.29, 0.717) is 39.9 Å². The summed E-state index contributed by atoms with van der Waals surface area (Å²) in [5, 5.41) is 4.07. The van der Waals surface area contributed by atoms with E-state index >= 15 is 0 Å². The van der Waals surface area contributed by atoms with Crippen molar-refractivity contribution in [2.75, 3.05) is 19.0 Å². The Morgan fingerprint density at radius 1 is 1.12 bits per heavy atom. The minimum absolute atomic E-state index is 0.0208. The number of rotatable bonds is 7. The molecule has 4 aromatic rings. The van der Waals surface area contributed by atoms with E-state index in [9.17, 15) is 4.79 Å². The van der Waals surface area contributed by atoms with Crippen LogP contribution in [0.15, 0.2) is 64.3 Å². The molecule has 0 spiro atoms. The molecule has 3 heterocycles. The lowest BCUT2D eigenvalue weighted by Gasteiger charge is -2.16. The molecule has 9 heteroatoms. The average Bonchev–Trinajstić information content (AvgIpc) is 2.77. The molecule has 0 aliphatic rings. The number of anilines is 1. The standard InChI is InChI=1S/C23H22BrN5O3/c1-14(13-31-3)27-23-26-12-18(22(30)29(23)2)20-6-4-15-10-16(5-7-19(15)28-20)32-17-8-9-25-21(24)11-17/h4-12,14H,13H2,1-3H3,(H,26,27)/t14-/m1/s1. The molecular formula is C23H22BrN5O3. The van der Waals surface area contributed by atoms with Gasteiger partial charge in [-0.25, -0.2) is 15.0 Å². The molecule has 0 aliphatic heterocycles. The van der Waals surface area contributed by atoms with Crippen LogP contribution in [-0.2, 0) is 11.8 Å². The van der Waals surface area contributed by atoms with E-state index in [0.717, 1.165) is 10.9 Å². The van der Waals surface area contributed by atoms with Gasteiger partial charge in [-0.2, -0.15) is 0 Å². The third-order valence-electron chi connectivity index (χ3n) is 4.83. The maximum atomic E-state index is 12.9. The van der Waals surface area contributed by atoms with Crippen LogP contribution in [0.2, 0.25) is 0 Å². The number of pyridine rings is 2. The average molecular weight is 496 g/mol. The molecule has 8 nitrogen and oxygen atoms in total. The number of nitrogens with one attached hydrogen (secondary N) is 1. The third-order valence-corrected chi connectivity index (χ3v) is 5.26. The highest BCUT2D eigenvalue weighted by Crippen LogP contribution is 2.27. The molecule has 0 aliphatic carbocycles. The second kappa shape index (κ2) is 9.46. The molecule has 164 valence electrons. The van der Waals surface area contributed by atoms with Crippen LogP contribution in [0, 0.1) is 0 Å². The molecule has 32 heavy (non-hydrogen) atoms. The maximum absolute atomic E-state index is 12.9. The monoisotopic (exact) mass is 495 g/mol. The maximum Gasteiger partial charge on any atom is 0.264 e. The van der Waals surface area contributed by atoms with Crippen LogP contribution < -0.4 is 15.6 Å². The highest BCUT2D eigenvalue weighted by molar-refractivity contribution is 9.10. The Balaban J connectivity index is 1.61. The van der Waals surface area contributed by atoms with Crippen molar-refractivity contribution < 1.29 is 9.47 Å². The normalized spacial score (nSPS) is 12.0. The summed E-state index contributed by atoms with van der Waals surface area (Å²) >= 11 is 3.34. The quantitative estimate of drug-likeness (QED) is 0.380. The van der Waals surface area contributed by atoms with Crippen LogP contribution in [0.1, 0.15) is 6.92 Å². The summed E-state index contributed by atoms with van der Waals surface area (Å²) in [4.78, 5) is 26.1. The predicted octanol–water partition coefficient (Wildman–Crippen LogP) is 4.39. The summed E-state index contributed by atoms with van der Waals surface area (Å²) in [7, 11) is 3.31. The van der Waals surface area contributed by atoms with Gasteiger partial charge in [-0.05, 0) is 53.2 Å². The van der Waals surface area contributed by atoms with Gasteiger partial charge in [0.25, 0.3) is 5.56 Å². The molecule has 3 aromatic heterocycles. The number of nitrogens with zero attached hydrogens (tertiary/aromatic N) is 4. The van der Waals surface area contributed by atoms with Crippen LogP contribution in [0.25, 0.3) is 22.2 Å². The minimum atomic E-state index is -0.179. The Hall–Kier alpha value is -3.30. The smallest absolute Gasteiger partial charge is 0.264 e. The Bertz CT molecular complexity index is 1320. The SMILES string of the molecule is COC[C@@H](C)Nc1ncc(-c2ccc3cc(Oc4ccnc(Br)c4)ccc3n2)c(=O)n1C. The zero-order valence-corrected chi connectivity index (χ0v) is 19.5. The van der Waals surface area contributed by atoms with Crippen LogP contribution in [0.3, 0.4) is 0 Å². The summed E-state index contributed by atoms with van der Waals surface area (Å²) in [5.41, 5.74) is 1.57. The number of fused-ring (bicyclic) bond motifs is 1. The van der Waals surface area contributed by atoms with Crippen molar-refractivity contribution in [3.05, 3.63) is 69.8 Å². The topological polar surface area (TPSA) is 91.2 Å². The second-order valence-corrected chi connectivity index (χ2v) is 8.14. The van der Waals surface area contributed by atoms with E-state index in [-0.39, 0.29) is 11.6 Å².